The van der Waals surface area contributed by atoms with Gasteiger partial charge in [0.2, 0.25) is 0 Å². The predicted octanol–water partition coefficient (Wildman–Crippen LogP) is 13.4. The van der Waals surface area contributed by atoms with Crippen LogP contribution in [0.4, 0.5) is 0 Å². The number of fused-ring (bicyclic) bond motifs is 9. The molecule has 0 spiro atoms. The molecule has 57 heavy (non-hydrogen) atoms. The van der Waals surface area contributed by atoms with Gasteiger partial charge in [0.05, 0.1) is 16.6 Å². The van der Waals surface area contributed by atoms with Crippen molar-refractivity contribution in [1.82, 2.24) is 19.5 Å². The number of aromatic nitrogens is 4. The van der Waals surface area contributed by atoms with E-state index in [9.17, 15) is 0 Å². The third-order valence-corrected chi connectivity index (χ3v) is 11.1. The maximum Gasteiger partial charge on any atom is 0.167 e. The molecule has 266 valence electrons. The van der Waals surface area contributed by atoms with Gasteiger partial charge < -0.3 is 13.4 Å². The Morgan fingerprint density at radius 1 is 0.333 bits per heavy atom. The summed E-state index contributed by atoms with van der Waals surface area (Å²) in [6.07, 6.45) is 0. The molecule has 0 saturated heterocycles. The summed E-state index contributed by atoms with van der Waals surface area (Å²) >= 11 is 0. The molecule has 0 aliphatic carbocycles. The predicted molar refractivity (Wildman–Crippen MR) is 230 cm³/mol. The summed E-state index contributed by atoms with van der Waals surface area (Å²) in [5.74, 6) is 1.78. The van der Waals surface area contributed by atoms with Crippen LogP contribution in [-0.2, 0) is 0 Å². The molecule has 0 bridgehead atoms. The largest absolute Gasteiger partial charge is 0.455 e. The van der Waals surface area contributed by atoms with Crippen LogP contribution in [0.15, 0.2) is 191 Å². The van der Waals surface area contributed by atoms with Gasteiger partial charge in [0.25, 0.3) is 0 Å². The van der Waals surface area contributed by atoms with Crippen LogP contribution in [0, 0.1) is 0 Å². The normalized spacial score (nSPS) is 11.9. The van der Waals surface area contributed by atoms with Crippen molar-refractivity contribution in [1.29, 1.82) is 0 Å². The molecule has 0 radical (unpaired) electrons. The summed E-state index contributed by atoms with van der Waals surface area (Å²) < 4.78 is 15.5. The van der Waals surface area contributed by atoms with Crippen molar-refractivity contribution in [2.75, 3.05) is 0 Å². The number of benzene rings is 8. The highest BCUT2D eigenvalue weighted by atomic mass is 16.3. The molecule has 12 rings (SSSR count). The Morgan fingerprint density at radius 3 is 1.65 bits per heavy atom. The van der Waals surface area contributed by atoms with Crippen LogP contribution in [-0.4, -0.2) is 19.5 Å². The maximum atomic E-state index is 6.68. The Hall–Kier alpha value is -7.83. The Labute approximate surface area is 325 Å². The lowest BCUT2D eigenvalue weighted by atomic mass is 10.0. The van der Waals surface area contributed by atoms with Gasteiger partial charge in [0.15, 0.2) is 17.5 Å². The minimum absolute atomic E-state index is 0.559. The number of rotatable bonds is 5. The van der Waals surface area contributed by atoms with Gasteiger partial charge in [-0.25, -0.2) is 15.0 Å². The number of nitrogens with zero attached hydrogens (tertiary/aromatic N) is 4. The SMILES string of the molecule is c1ccc(-c2nc(-c3ccccc3)nc(-c3cccc4c3oc3ccc(-n5c6ccccc6c6cc(-c7cccc8c7oc7ccccc78)ccc65)cc34)n2)cc1. The fraction of sp³-hybridized carbons (Fsp3) is 0. The minimum atomic E-state index is 0.559. The van der Waals surface area contributed by atoms with Gasteiger partial charge in [-0.05, 0) is 54.1 Å². The van der Waals surface area contributed by atoms with Crippen molar-refractivity contribution < 1.29 is 8.83 Å². The molecule has 0 saturated carbocycles. The van der Waals surface area contributed by atoms with Crippen molar-refractivity contribution in [3.05, 3.63) is 182 Å². The second kappa shape index (κ2) is 12.3. The number of hydrogen-bond acceptors (Lipinski definition) is 5. The highest BCUT2D eigenvalue weighted by molar-refractivity contribution is 6.14. The van der Waals surface area contributed by atoms with Crippen LogP contribution in [0.2, 0.25) is 0 Å². The molecule has 4 aromatic heterocycles. The van der Waals surface area contributed by atoms with E-state index in [1.165, 1.54) is 10.8 Å². The number of hydrogen-bond donors (Lipinski definition) is 0. The molecular formula is C51H30N4O2. The topological polar surface area (TPSA) is 69.9 Å². The van der Waals surface area contributed by atoms with Crippen LogP contribution in [0.3, 0.4) is 0 Å². The van der Waals surface area contributed by atoms with Crippen LogP contribution >= 0.6 is 0 Å². The van der Waals surface area contributed by atoms with Gasteiger partial charge >= 0.3 is 0 Å². The molecule has 0 aliphatic heterocycles. The molecule has 6 heteroatoms. The lowest BCUT2D eigenvalue weighted by molar-refractivity contribution is 0.669. The molecule has 0 fully saturated rings. The van der Waals surface area contributed by atoms with E-state index in [0.29, 0.717) is 17.5 Å². The zero-order valence-corrected chi connectivity index (χ0v) is 30.4. The lowest BCUT2D eigenvalue weighted by Crippen LogP contribution is -2.00. The van der Waals surface area contributed by atoms with Gasteiger partial charge in [-0.15, -0.1) is 0 Å². The van der Waals surface area contributed by atoms with Gasteiger partial charge in [-0.2, -0.15) is 0 Å². The van der Waals surface area contributed by atoms with E-state index in [1.807, 2.05) is 78.9 Å². The first-order valence-corrected chi connectivity index (χ1v) is 19.0. The fourth-order valence-corrected chi connectivity index (χ4v) is 8.42. The Morgan fingerprint density at radius 2 is 0.895 bits per heavy atom. The smallest absolute Gasteiger partial charge is 0.167 e. The summed E-state index contributed by atoms with van der Waals surface area (Å²) in [5, 5.41) is 6.62. The Kier molecular flexibility index (Phi) is 6.83. The van der Waals surface area contributed by atoms with E-state index in [-0.39, 0.29) is 0 Å². The second-order valence-corrected chi connectivity index (χ2v) is 14.4. The third-order valence-electron chi connectivity index (χ3n) is 11.1. The zero-order valence-electron chi connectivity index (χ0n) is 30.4. The summed E-state index contributed by atoms with van der Waals surface area (Å²) in [5.41, 5.74) is 11.5. The van der Waals surface area contributed by atoms with E-state index in [1.54, 1.807) is 0 Å². The van der Waals surface area contributed by atoms with Gasteiger partial charge in [-0.3, -0.25) is 0 Å². The first kappa shape index (κ1) is 31.5. The molecule has 4 heterocycles. The summed E-state index contributed by atoms with van der Waals surface area (Å²) in [6, 6.07) is 62.7. The molecular weight excluding hydrogens is 701 g/mol. The van der Waals surface area contributed by atoms with E-state index < -0.39 is 0 Å². The molecule has 0 unspecified atom stereocenters. The molecule has 12 aromatic rings. The lowest BCUT2D eigenvalue weighted by Gasteiger charge is -2.09. The highest BCUT2D eigenvalue weighted by Gasteiger charge is 2.20. The zero-order chi connectivity index (χ0) is 37.5. The molecule has 0 amide bonds. The molecule has 8 aromatic carbocycles. The Bertz CT molecular complexity index is 3470. The average molecular weight is 731 g/mol. The summed E-state index contributed by atoms with van der Waals surface area (Å²) in [4.78, 5) is 14.9. The average Bonchev–Trinajstić information content (AvgIpc) is 3.96. The summed E-state index contributed by atoms with van der Waals surface area (Å²) in [7, 11) is 0. The van der Waals surface area contributed by atoms with Crippen LogP contribution in [0.1, 0.15) is 0 Å². The minimum Gasteiger partial charge on any atom is -0.455 e. The molecule has 0 aliphatic rings. The van der Waals surface area contributed by atoms with Crippen LogP contribution in [0.5, 0.6) is 0 Å². The standard InChI is InChI=1S/C51H30N4O2/c1-3-13-31(14-4-1)49-52-50(32-15-5-2-6-16-32)54-51(53-49)40-22-12-21-39-42-30-34(26-28-46(42)57-48(39)40)55-43-23-9-7-17-36(43)41-29-33(25-27-44(41)55)35-19-11-20-38-37-18-8-10-24-45(37)56-47(35)38/h1-30H. The van der Waals surface area contributed by atoms with E-state index in [2.05, 4.69) is 108 Å². The van der Waals surface area contributed by atoms with Crippen LogP contribution in [0.25, 0.3) is 117 Å². The first-order chi connectivity index (χ1) is 28.2. The van der Waals surface area contributed by atoms with Crippen LogP contribution < -0.4 is 0 Å². The quantitative estimate of drug-likeness (QED) is 0.176. The first-order valence-electron chi connectivity index (χ1n) is 19.0. The van der Waals surface area contributed by atoms with Crippen molar-refractivity contribution in [3.8, 4) is 51.0 Å². The monoisotopic (exact) mass is 730 g/mol. The molecule has 0 N–H and O–H groups in total. The van der Waals surface area contributed by atoms with Crippen molar-refractivity contribution >= 4 is 65.7 Å². The summed E-state index contributed by atoms with van der Waals surface area (Å²) in [6.45, 7) is 0. The van der Waals surface area contributed by atoms with E-state index in [4.69, 9.17) is 23.8 Å². The van der Waals surface area contributed by atoms with Crippen molar-refractivity contribution in [3.63, 3.8) is 0 Å². The van der Waals surface area contributed by atoms with Gasteiger partial charge in [0, 0.05) is 54.7 Å². The molecule has 0 atom stereocenters. The van der Waals surface area contributed by atoms with Crippen molar-refractivity contribution in [2.24, 2.45) is 0 Å². The highest BCUT2D eigenvalue weighted by Crippen LogP contribution is 2.41. The van der Waals surface area contributed by atoms with E-state index >= 15 is 0 Å². The number of furan rings is 2. The second-order valence-electron chi connectivity index (χ2n) is 14.4. The van der Waals surface area contributed by atoms with E-state index in [0.717, 1.165) is 88.4 Å². The maximum absolute atomic E-state index is 6.68. The van der Waals surface area contributed by atoms with Crippen molar-refractivity contribution in [2.45, 2.75) is 0 Å². The molecule has 6 nitrogen and oxygen atoms in total. The Balaban J connectivity index is 1.02. The number of para-hydroxylation sites is 4. The van der Waals surface area contributed by atoms with Gasteiger partial charge in [0.1, 0.15) is 22.3 Å². The third kappa shape index (κ3) is 4.94. The fourth-order valence-electron chi connectivity index (χ4n) is 8.42. The van der Waals surface area contributed by atoms with Gasteiger partial charge in [-0.1, -0.05) is 133 Å².